The molecular formula is C19H23NO. The average molecular weight is 281 g/mol. The Hall–Kier alpha value is -2.09. The van der Waals surface area contributed by atoms with Gasteiger partial charge in [0, 0.05) is 18.2 Å². The number of aryl methyl sites for hydroxylation is 1. The molecule has 0 unspecified atom stereocenters. The quantitative estimate of drug-likeness (QED) is 0.832. The molecule has 0 bridgehead atoms. The van der Waals surface area contributed by atoms with Crippen molar-refractivity contribution in [1.29, 1.82) is 0 Å². The molecule has 0 aliphatic heterocycles. The molecule has 0 saturated carbocycles. The third kappa shape index (κ3) is 3.72. The van der Waals surface area contributed by atoms with Crippen molar-refractivity contribution >= 4 is 11.6 Å². The van der Waals surface area contributed by atoms with Crippen molar-refractivity contribution in [3.05, 3.63) is 53.6 Å². The largest absolute Gasteiger partial charge is 0.326 e. The first-order valence-electron chi connectivity index (χ1n) is 7.26. The Morgan fingerprint density at radius 1 is 1.00 bits per heavy atom. The fraction of sp³-hybridized carbons (Fsp3) is 0.316. The summed E-state index contributed by atoms with van der Waals surface area (Å²) >= 11 is 0. The van der Waals surface area contributed by atoms with Crippen LogP contribution in [0.4, 0.5) is 5.69 Å². The third-order valence-corrected chi connectivity index (χ3v) is 3.55. The van der Waals surface area contributed by atoms with Gasteiger partial charge in [0.2, 0.25) is 5.91 Å². The standard InChI is InChI=1S/C19H23NO/c1-13-6-11-18(20-14(2)21)17(12-13)15-7-9-16(10-8-15)19(3,4)5/h6-12H,1-5H3,(H,20,21). The number of amides is 1. The summed E-state index contributed by atoms with van der Waals surface area (Å²) in [5.74, 6) is -0.0496. The lowest BCUT2D eigenvalue weighted by Gasteiger charge is -2.19. The maximum atomic E-state index is 11.4. The molecule has 1 amide bonds. The van der Waals surface area contributed by atoms with Crippen molar-refractivity contribution in [2.75, 3.05) is 5.32 Å². The zero-order valence-corrected chi connectivity index (χ0v) is 13.4. The highest BCUT2D eigenvalue weighted by molar-refractivity contribution is 5.94. The van der Waals surface area contributed by atoms with E-state index >= 15 is 0 Å². The van der Waals surface area contributed by atoms with Gasteiger partial charge in [-0.25, -0.2) is 0 Å². The summed E-state index contributed by atoms with van der Waals surface area (Å²) in [6.45, 7) is 10.2. The van der Waals surface area contributed by atoms with Crippen LogP contribution in [0.3, 0.4) is 0 Å². The monoisotopic (exact) mass is 281 g/mol. The van der Waals surface area contributed by atoms with E-state index in [1.807, 2.05) is 12.1 Å². The van der Waals surface area contributed by atoms with Gasteiger partial charge in [-0.2, -0.15) is 0 Å². The molecule has 0 atom stereocenters. The van der Waals surface area contributed by atoms with Gasteiger partial charge in [-0.15, -0.1) is 0 Å². The Morgan fingerprint density at radius 3 is 2.14 bits per heavy atom. The minimum atomic E-state index is -0.0496. The van der Waals surface area contributed by atoms with E-state index in [1.165, 1.54) is 18.1 Å². The molecule has 0 aliphatic carbocycles. The number of anilines is 1. The Bertz CT molecular complexity index is 648. The summed E-state index contributed by atoms with van der Waals surface area (Å²) in [5.41, 5.74) is 5.67. The maximum absolute atomic E-state index is 11.4. The van der Waals surface area contributed by atoms with Crippen LogP contribution in [0.5, 0.6) is 0 Å². The summed E-state index contributed by atoms with van der Waals surface area (Å²) in [5, 5.41) is 2.91. The molecule has 2 aromatic rings. The molecule has 21 heavy (non-hydrogen) atoms. The van der Waals surface area contributed by atoms with E-state index in [2.05, 4.69) is 63.3 Å². The van der Waals surface area contributed by atoms with Crippen molar-refractivity contribution < 1.29 is 4.79 Å². The maximum Gasteiger partial charge on any atom is 0.221 e. The van der Waals surface area contributed by atoms with Crippen LogP contribution in [0.25, 0.3) is 11.1 Å². The molecule has 0 heterocycles. The highest BCUT2D eigenvalue weighted by atomic mass is 16.1. The van der Waals surface area contributed by atoms with Crippen molar-refractivity contribution in [2.45, 2.75) is 40.0 Å². The van der Waals surface area contributed by atoms with E-state index in [0.717, 1.165) is 16.8 Å². The second kappa shape index (κ2) is 5.72. The van der Waals surface area contributed by atoms with E-state index in [4.69, 9.17) is 0 Å². The number of hydrogen-bond donors (Lipinski definition) is 1. The predicted octanol–water partition coefficient (Wildman–Crippen LogP) is 4.92. The van der Waals surface area contributed by atoms with Gasteiger partial charge < -0.3 is 5.32 Å². The van der Waals surface area contributed by atoms with Crippen LogP contribution in [0, 0.1) is 6.92 Å². The smallest absolute Gasteiger partial charge is 0.221 e. The summed E-state index contributed by atoms with van der Waals surface area (Å²) in [6, 6.07) is 14.7. The Balaban J connectivity index is 2.45. The van der Waals surface area contributed by atoms with Crippen LogP contribution in [0.1, 0.15) is 38.8 Å². The second-order valence-electron chi connectivity index (χ2n) is 6.56. The zero-order chi connectivity index (χ0) is 15.6. The average Bonchev–Trinajstić information content (AvgIpc) is 2.39. The molecule has 0 aromatic heterocycles. The van der Waals surface area contributed by atoms with E-state index < -0.39 is 0 Å². The van der Waals surface area contributed by atoms with Gasteiger partial charge in [0.15, 0.2) is 0 Å². The van der Waals surface area contributed by atoms with E-state index in [0.29, 0.717) is 0 Å². The molecule has 0 spiro atoms. The number of hydrogen-bond acceptors (Lipinski definition) is 1. The molecule has 2 aromatic carbocycles. The van der Waals surface area contributed by atoms with Crippen molar-refractivity contribution in [3.8, 4) is 11.1 Å². The Kier molecular flexibility index (Phi) is 4.17. The number of benzene rings is 2. The molecule has 1 N–H and O–H groups in total. The highest BCUT2D eigenvalue weighted by Crippen LogP contribution is 2.31. The van der Waals surface area contributed by atoms with Gasteiger partial charge in [0.25, 0.3) is 0 Å². The zero-order valence-electron chi connectivity index (χ0n) is 13.4. The van der Waals surface area contributed by atoms with Gasteiger partial charge in [0.05, 0.1) is 0 Å². The molecule has 110 valence electrons. The first-order chi connectivity index (χ1) is 9.77. The molecule has 2 nitrogen and oxygen atoms in total. The number of carbonyl (C=O) groups excluding carboxylic acids is 1. The van der Waals surface area contributed by atoms with E-state index in [9.17, 15) is 4.79 Å². The number of carbonyl (C=O) groups is 1. The SMILES string of the molecule is CC(=O)Nc1ccc(C)cc1-c1ccc(C(C)(C)C)cc1. The van der Waals surface area contributed by atoms with Crippen LogP contribution < -0.4 is 5.32 Å². The fourth-order valence-corrected chi connectivity index (χ4v) is 2.35. The fourth-order valence-electron chi connectivity index (χ4n) is 2.35. The van der Waals surface area contributed by atoms with Crippen molar-refractivity contribution in [2.24, 2.45) is 0 Å². The van der Waals surface area contributed by atoms with Crippen molar-refractivity contribution in [1.82, 2.24) is 0 Å². The van der Waals surface area contributed by atoms with Crippen LogP contribution >= 0.6 is 0 Å². The molecule has 0 saturated heterocycles. The highest BCUT2D eigenvalue weighted by Gasteiger charge is 2.14. The summed E-state index contributed by atoms with van der Waals surface area (Å²) < 4.78 is 0. The third-order valence-electron chi connectivity index (χ3n) is 3.55. The van der Waals surface area contributed by atoms with E-state index in [1.54, 1.807) is 0 Å². The summed E-state index contributed by atoms with van der Waals surface area (Å²) in [6.07, 6.45) is 0. The number of nitrogens with one attached hydrogen (secondary N) is 1. The van der Waals surface area contributed by atoms with Gasteiger partial charge in [0.1, 0.15) is 0 Å². The lowest BCUT2D eigenvalue weighted by Crippen LogP contribution is -2.10. The van der Waals surface area contributed by atoms with Crippen LogP contribution in [-0.2, 0) is 10.2 Å². The topological polar surface area (TPSA) is 29.1 Å². The van der Waals surface area contributed by atoms with E-state index in [-0.39, 0.29) is 11.3 Å². The van der Waals surface area contributed by atoms with Gasteiger partial charge >= 0.3 is 0 Å². The molecule has 0 aliphatic rings. The molecular weight excluding hydrogens is 258 g/mol. The summed E-state index contributed by atoms with van der Waals surface area (Å²) in [4.78, 5) is 11.4. The normalized spacial score (nSPS) is 11.3. The molecule has 2 rings (SSSR count). The lowest BCUT2D eigenvalue weighted by atomic mass is 9.86. The van der Waals surface area contributed by atoms with Crippen LogP contribution in [0.15, 0.2) is 42.5 Å². The van der Waals surface area contributed by atoms with Crippen LogP contribution in [-0.4, -0.2) is 5.91 Å². The second-order valence-corrected chi connectivity index (χ2v) is 6.56. The molecule has 2 heteroatoms. The Labute approximate surface area is 127 Å². The first-order valence-corrected chi connectivity index (χ1v) is 7.26. The number of rotatable bonds is 2. The molecule has 0 fully saturated rings. The van der Waals surface area contributed by atoms with Gasteiger partial charge in [-0.3, -0.25) is 4.79 Å². The Morgan fingerprint density at radius 2 is 1.62 bits per heavy atom. The minimum absolute atomic E-state index is 0.0496. The van der Waals surface area contributed by atoms with Crippen molar-refractivity contribution in [3.63, 3.8) is 0 Å². The van der Waals surface area contributed by atoms with Gasteiger partial charge in [-0.05, 0) is 35.6 Å². The minimum Gasteiger partial charge on any atom is -0.326 e. The lowest BCUT2D eigenvalue weighted by molar-refractivity contribution is -0.114. The molecule has 0 radical (unpaired) electrons. The predicted molar refractivity (Wildman–Crippen MR) is 89.6 cm³/mol. The first kappa shape index (κ1) is 15.3. The van der Waals surface area contributed by atoms with Crippen LogP contribution in [0.2, 0.25) is 0 Å². The summed E-state index contributed by atoms with van der Waals surface area (Å²) in [7, 11) is 0. The van der Waals surface area contributed by atoms with Gasteiger partial charge in [-0.1, -0.05) is 56.7 Å².